The number of aromatic nitrogens is 2. The Balaban J connectivity index is 1.89. The van der Waals surface area contributed by atoms with E-state index in [4.69, 9.17) is 11.6 Å². The van der Waals surface area contributed by atoms with Crippen LogP contribution in [0.4, 0.5) is 0 Å². The van der Waals surface area contributed by atoms with E-state index in [-0.39, 0.29) is 11.1 Å². The number of benzene rings is 1. The van der Waals surface area contributed by atoms with Gasteiger partial charge in [0.2, 0.25) is 0 Å². The number of rotatable bonds is 5. The third-order valence-corrected chi connectivity index (χ3v) is 5.53. The minimum absolute atomic E-state index is 0.0780. The molecule has 1 heterocycles. The predicted octanol–water partition coefficient (Wildman–Crippen LogP) is 2.72. The van der Waals surface area contributed by atoms with Gasteiger partial charge in [-0.3, -0.25) is 0 Å². The summed E-state index contributed by atoms with van der Waals surface area (Å²) in [7, 11) is -3.54. The second-order valence-electron chi connectivity index (χ2n) is 5.24. The molecule has 1 aliphatic rings. The van der Waals surface area contributed by atoms with Gasteiger partial charge in [-0.25, -0.2) is 13.4 Å². The maximum atomic E-state index is 12.7. The Kier molecular flexibility index (Phi) is 3.77. The van der Waals surface area contributed by atoms with Crippen LogP contribution < -0.4 is 0 Å². The summed E-state index contributed by atoms with van der Waals surface area (Å²) in [6, 6.07) is 7.33. The molecule has 2 aromatic rings. The molecule has 0 amide bonds. The normalized spacial score (nSPS) is 15.6. The molecule has 1 N–H and O–H groups in total. The summed E-state index contributed by atoms with van der Waals surface area (Å²) < 4.78 is 27.0. The largest absolute Gasteiger partial charge is 0.332 e. The predicted molar refractivity (Wildman–Crippen MR) is 80.5 cm³/mol. The number of hydrogen-bond acceptors (Lipinski definition) is 3. The van der Waals surface area contributed by atoms with Gasteiger partial charge in [0.1, 0.15) is 5.82 Å². The molecule has 112 valence electrons. The summed E-state index contributed by atoms with van der Waals surface area (Å²) in [5.41, 5.74) is 0.922. The molecule has 1 aromatic heterocycles. The highest BCUT2D eigenvalue weighted by molar-refractivity contribution is 7.89. The Morgan fingerprint density at radius 3 is 2.52 bits per heavy atom. The third-order valence-electron chi connectivity index (χ3n) is 3.47. The molecule has 0 aliphatic heterocycles. The van der Waals surface area contributed by atoms with E-state index < -0.39 is 10.0 Å². The fraction of sp³-hybridized carbons (Fsp3) is 0.357. The summed E-state index contributed by atoms with van der Waals surface area (Å²) in [5, 5.41) is 0.796. The van der Waals surface area contributed by atoms with Crippen LogP contribution in [0.2, 0.25) is 5.02 Å². The molecule has 1 aliphatic carbocycles. The molecule has 1 saturated carbocycles. The average molecular weight is 326 g/mol. The van der Waals surface area contributed by atoms with Gasteiger partial charge in [-0.1, -0.05) is 23.7 Å². The summed E-state index contributed by atoms with van der Waals surface area (Å²) in [5.74, 6) is 0.593. The van der Waals surface area contributed by atoms with E-state index in [2.05, 4.69) is 9.97 Å². The number of aromatic amines is 1. The van der Waals surface area contributed by atoms with E-state index in [9.17, 15) is 8.42 Å². The number of hydrogen-bond donors (Lipinski definition) is 1. The number of aryl methyl sites for hydroxylation is 1. The Morgan fingerprint density at radius 1 is 1.33 bits per heavy atom. The zero-order valence-corrected chi connectivity index (χ0v) is 13.2. The van der Waals surface area contributed by atoms with Crippen molar-refractivity contribution in [2.75, 3.05) is 0 Å². The Morgan fingerprint density at radius 2 is 2.00 bits per heavy atom. The first kappa shape index (κ1) is 14.6. The fourth-order valence-corrected chi connectivity index (χ4v) is 3.96. The van der Waals surface area contributed by atoms with Gasteiger partial charge < -0.3 is 4.98 Å². The van der Waals surface area contributed by atoms with Gasteiger partial charge in [0.15, 0.2) is 5.03 Å². The first-order valence-electron chi connectivity index (χ1n) is 6.75. The lowest BCUT2D eigenvalue weighted by Crippen LogP contribution is -2.32. The minimum atomic E-state index is -3.54. The molecular weight excluding hydrogens is 310 g/mol. The van der Waals surface area contributed by atoms with Crippen molar-refractivity contribution in [3.63, 3.8) is 0 Å². The summed E-state index contributed by atoms with van der Waals surface area (Å²) in [4.78, 5) is 6.80. The Bertz CT molecular complexity index is 736. The minimum Gasteiger partial charge on any atom is -0.332 e. The molecule has 0 saturated heterocycles. The van der Waals surface area contributed by atoms with Crippen molar-refractivity contribution in [2.45, 2.75) is 37.4 Å². The van der Waals surface area contributed by atoms with Crippen molar-refractivity contribution < 1.29 is 8.42 Å². The van der Waals surface area contributed by atoms with Gasteiger partial charge in [-0.05, 0) is 37.5 Å². The number of nitrogens with zero attached hydrogens (tertiary/aromatic N) is 2. The molecule has 21 heavy (non-hydrogen) atoms. The van der Waals surface area contributed by atoms with E-state index in [0.29, 0.717) is 17.4 Å². The summed E-state index contributed by atoms with van der Waals surface area (Å²) >= 11 is 5.87. The summed E-state index contributed by atoms with van der Waals surface area (Å²) in [6.07, 6.45) is 3.18. The van der Waals surface area contributed by atoms with Crippen LogP contribution in [0.3, 0.4) is 0 Å². The zero-order valence-electron chi connectivity index (χ0n) is 11.6. The van der Waals surface area contributed by atoms with Crippen molar-refractivity contribution in [3.05, 3.63) is 46.9 Å². The van der Waals surface area contributed by atoms with E-state index in [1.165, 1.54) is 6.20 Å². The van der Waals surface area contributed by atoms with Crippen molar-refractivity contribution >= 4 is 21.6 Å². The number of H-pyrrole nitrogens is 1. The van der Waals surface area contributed by atoms with Gasteiger partial charge in [-0.2, -0.15) is 4.31 Å². The maximum Gasteiger partial charge on any atom is 0.260 e. The van der Waals surface area contributed by atoms with E-state index >= 15 is 0 Å². The van der Waals surface area contributed by atoms with Crippen LogP contribution in [0.25, 0.3) is 0 Å². The van der Waals surface area contributed by atoms with Crippen LogP contribution in [-0.4, -0.2) is 28.7 Å². The number of nitrogens with one attached hydrogen (secondary N) is 1. The molecule has 0 spiro atoms. The lowest BCUT2D eigenvalue weighted by Gasteiger charge is -2.21. The van der Waals surface area contributed by atoms with Crippen LogP contribution in [0.15, 0.2) is 35.5 Å². The molecule has 0 radical (unpaired) electrons. The fourth-order valence-electron chi connectivity index (χ4n) is 2.20. The zero-order chi connectivity index (χ0) is 15.0. The topological polar surface area (TPSA) is 66.1 Å². The highest BCUT2D eigenvalue weighted by Gasteiger charge is 2.38. The average Bonchev–Trinajstić information content (AvgIpc) is 3.18. The second-order valence-corrected chi connectivity index (χ2v) is 7.54. The lowest BCUT2D eigenvalue weighted by atomic mass is 10.2. The van der Waals surface area contributed by atoms with E-state index in [1.807, 2.05) is 12.1 Å². The van der Waals surface area contributed by atoms with Crippen molar-refractivity contribution in [2.24, 2.45) is 0 Å². The van der Waals surface area contributed by atoms with Crippen molar-refractivity contribution in [1.82, 2.24) is 14.3 Å². The quantitative estimate of drug-likeness (QED) is 0.919. The molecular formula is C14H16ClN3O2S. The Labute approximate surface area is 129 Å². The second kappa shape index (κ2) is 5.44. The van der Waals surface area contributed by atoms with Gasteiger partial charge in [0, 0.05) is 17.6 Å². The molecule has 0 unspecified atom stereocenters. The molecule has 5 nitrogen and oxygen atoms in total. The highest BCUT2D eigenvalue weighted by Crippen LogP contribution is 2.33. The van der Waals surface area contributed by atoms with Crippen LogP contribution in [0.1, 0.15) is 24.2 Å². The smallest absolute Gasteiger partial charge is 0.260 e. The van der Waals surface area contributed by atoms with Gasteiger partial charge in [-0.15, -0.1) is 0 Å². The van der Waals surface area contributed by atoms with E-state index in [1.54, 1.807) is 23.4 Å². The van der Waals surface area contributed by atoms with Crippen molar-refractivity contribution in [1.29, 1.82) is 0 Å². The standard InChI is InChI=1S/C14H16ClN3O2S/c1-10-16-8-14(17-10)21(19,20)18(13-6-7-13)9-11-2-4-12(15)5-3-11/h2-5,8,13H,6-7,9H2,1H3,(H,16,17). The first-order chi connectivity index (χ1) is 9.96. The van der Waals surface area contributed by atoms with Gasteiger partial charge in [0.05, 0.1) is 6.20 Å². The first-order valence-corrected chi connectivity index (χ1v) is 8.56. The number of halogens is 1. The third kappa shape index (κ3) is 3.12. The SMILES string of the molecule is Cc1ncc(S(=O)(=O)N(Cc2ccc(Cl)cc2)C2CC2)[nH]1. The molecule has 1 fully saturated rings. The van der Waals surface area contributed by atoms with Gasteiger partial charge >= 0.3 is 0 Å². The van der Waals surface area contributed by atoms with Gasteiger partial charge in [0.25, 0.3) is 10.0 Å². The van der Waals surface area contributed by atoms with E-state index in [0.717, 1.165) is 18.4 Å². The molecule has 0 atom stereocenters. The molecule has 3 rings (SSSR count). The van der Waals surface area contributed by atoms with Crippen LogP contribution in [-0.2, 0) is 16.6 Å². The molecule has 0 bridgehead atoms. The molecule has 1 aromatic carbocycles. The van der Waals surface area contributed by atoms with Crippen LogP contribution >= 0.6 is 11.6 Å². The van der Waals surface area contributed by atoms with Crippen LogP contribution in [0, 0.1) is 6.92 Å². The number of sulfonamides is 1. The Hall–Kier alpha value is -1.37. The highest BCUT2D eigenvalue weighted by atomic mass is 35.5. The maximum absolute atomic E-state index is 12.7. The lowest BCUT2D eigenvalue weighted by molar-refractivity contribution is 0.397. The summed E-state index contributed by atoms with van der Waals surface area (Å²) in [6.45, 7) is 2.09. The van der Waals surface area contributed by atoms with Crippen molar-refractivity contribution in [3.8, 4) is 0 Å². The number of imidazole rings is 1. The van der Waals surface area contributed by atoms with Crippen LogP contribution in [0.5, 0.6) is 0 Å². The molecule has 7 heteroatoms. The monoisotopic (exact) mass is 325 g/mol.